The highest BCUT2D eigenvalue weighted by Gasteiger charge is 2.39. The van der Waals surface area contributed by atoms with E-state index in [9.17, 15) is 9.90 Å². The molecular formula is C25H49N2O3+. The number of amidine groups is 1. The summed E-state index contributed by atoms with van der Waals surface area (Å²) in [5.41, 5.74) is 0. The summed E-state index contributed by atoms with van der Waals surface area (Å²) in [5, 5.41) is 18.5. The third kappa shape index (κ3) is 12.0. The quantitative estimate of drug-likeness (QED) is 0.176. The molecule has 0 aromatic rings. The third-order valence-corrected chi connectivity index (χ3v) is 6.56. The number of nitrogens with zero attached hydrogens (tertiary/aromatic N) is 2. The first-order chi connectivity index (χ1) is 14.6. The first-order valence-corrected chi connectivity index (χ1v) is 12.9. The zero-order chi connectivity index (χ0) is 21.9. The molecule has 1 aliphatic rings. The summed E-state index contributed by atoms with van der Waals surface area (Å²) >= 11 is 0. The van der Waals surface area contributed by atoms with Crippen LogP contribution in [0.5, 0.6) is 0 Å². The Balaban J connectivity index is 2.08. The van der Waals surface area contributed by atoms with Crippen LogP contribution in [0.1, 0.15) is 116 Å². The SMILES string of the molecule is CCCCCCCCCCCCCCCCC1=NCC[N+]1(CCCCO)CC(=O)O. The normalized spacial score (nSPS) is 18.7. The Kier molecular flexibility index (Phi) is 16.0. The number of aliphatic hydroxyl groups is 1. The van der Waals surface area contributed by atoms with E-state index in [2.05, 4.69) is 11.9 Å². The van der Waals surface area contributed by atoms with Crippen LogP contribution in [-0.2, 0) is 4.79 Å². The Bertz CT molecular complexity index is 467. The van der Waals surface area contributed by atoms with Crippen LogP contribution in [0.15, 0.2) is 4.99 Å². The summed E-state index contributed by atoms with van der Waals surface area (Å²) in [6.07, 6.45) is 21.5. The molecule has 30 heavy (non-hydrogen) atoms. The molecular weight excluding hydrogens is 376 g/mol. The topological polar surface area (TPSA) is 69.9 Å². The van der Waals surface area contributed by atoms with Crippen LogP contribution in [0.3, 0.4) is 0 Å². The lowest BCUT2D eigenvalue weighted by Gasteiger charge is -2.33. The van der Waals surface area contributed by atoms with Gasteiger partial charge in [-0.25, -0.2) is 9.79 Å². The molecule has 0 fully saturated rings. The van der Waals surface area contributed by atoms with E-state index in [4.69, 9.17) is 5.11 Å². The summed E-state index contributed by atoms with van der Waals surface area (Å²) in [6, 6.07) is 0. The standard InChI is InChI=1S/C25H48N2O3/c1-2-3-4-5-6-7-8-9-10-11-12-13-14-15-18-24-26-19-21-27(24,23-25(29)30)20-16-17-22-28/h28H,2-23H2,1H3/p+1. The molecule has 0 spiro atoms. The molecule has 0 aromatic heterocycles. The number of quaternary nitrogens is 1. The number of aliphatic hydroxyl groups excluding tert-OH is 1. The van der Waals surface area contributed by atoms with Gasteiger partial charge in [-0.05, 0) is 19.3 Å². The summed E-state index contributed by atoms with van der Waals surface area (Å²) in [7, 11) is 0. The number of unbranched alkanes of at least 4 members (excludes halogenated alkanes) is 14. The maximum Gasteiger partial charge on any atom is 0.359 e. The van der Waals surface area contributed by atoms with Gasteiger partial charge in [0.2, 0.25) is 0 Å². The van der Waals surface area contributed by atoms with E-state index in [1.807, 2.05) is 0 Å². The van der Waals surface area contributed by atoms with E-state index >= 15 is 0 Å². The Morgan fingerprint density at radius 3 is 1.87 bits per heavy atom. The predicted octanol–water partition coefficient (Wildman–Crippen LogP) is 5.94. The molecule has 5 nitrogen and oxygen atoms in total. The average molecular weight is 426 g/mol. The molecule has 0 aliphatic carbocycles. The van der Waals surface area contributed by atoms with E-state index in [1.165, 1.54) is 83.5 Å². The molecule has 0 saturated heterocycles. The smallest absolute Gasteiger partial charge is 0.359 e. The van der Waals surface area contributed by atoms with Gasteiger partial charge < -0.3 is 10.2 Å². The second-order valence-electron chi connectivity index (χ2n) is 9.22. The van der Waals surface area contributed by atoms with Gasteiger partial charge in [0, 0.05) is 13.0 Å². The largest absolute Gasteiger partial charge is 0.477 e. The molecule has 2 N–H and O–H groups in total. The van der Waals surface area contributed by atoms with Crippen molar-refractivity contribution in [2.45, 2.75) is 116 Å². The fourth-order valence-electron chi connectivity index (χ4n) is 4.72. The van der Waals surface area contributed by atoms with Gasteiger partial charge in [-0.15, -0.1) is 0 Å². The van der Waals surface area contributed by atoms with Gasteiger partial charge in [-0.1, -0.05) is 90.4 Å². The number of carboxylic acids is 1. The lowest BCUT2D eigenvalue weighted by Crippen LogP contribution is -2.54. The van der Waals surface area contributed by atoms with Crippen molar-refractivity contribution in [2.75, 3.05) is 32.8 Å². The lowest BCUT2D eigenvalue weighted by molar-refractivity contribution is -0.829. The second-order valence-corrected chi connectivity index (χ2v) is 9.22. The monoisotopic (exact) mass is 425 g/mol. The van der Waals surface area contributed by atoms with Crippen LogP contribution in [0.2, 0.25) is 0 Å². The van der Waals surface area contributed by atoms with Crippen LogP contribution >= 0.6 is 0 Å². The average Bonchev–Trinajstić information content (AvgIpc) is 3.10. The van der Waals surface area contributed by atoms with Crippen molar-refractivity contribution in [1.29, 1.82) is 0 Å². The van der Waals surface area contributed by atoms with Gasteiger partial charge in [-0.3, -0.25) is 4.48 Å². The summed E-state index contributed by atoms with van der Waals surface area (Å²) in [6.45, 7) is 4.95. The van der Waals surface area contributed by atoms with Crippen molar-refractivity contribution in [2.24, 2.45) is 4.99 Å². The molecule has 1 unspecified atom stereocenters. The van der Waals surface area contributed by atoms with Crippen LogP contribution in [0.4, 0.5) is 0 Å². The molecule has 0 saturated carbocycles. The van der Waals surface area contributed by atoms with E-state index in [-0.39, 0.29) is 13.2 Å². The van der Waals surface area contributed by atoms with Crippen LogP contribution in [0.25, 0.3) is 0 Å². The number of carboxylic acid groups (broad SMARTS) is 1. The molecule has 0 aromatic carbocycles. The minimum absolute atomic E-state index is 0.142. The Hall–Kier alpha value is -0.940. The molecule has 176 valence electrons. The number of aliphatic imine (C=N–C) groups is 1. The first-order valence-electron chi connectivity index (χ1n) is 12.9. The highest BCUT2D eigenvalue weighted by atomic mass is 16.4. The third-order valence-electron chi connectivity index (χ3n) is 6.56. The summed E-state index contributed by atoms with van der Waals surface area (Å²) < 4.78 is 0.522. The van der Waals surface area contributed by atoms with Crippen molar-refractivity contribution in [1.82, 2.24) is 0 Å². The highest BCUT2D eigenvalue weighted by molar-refractivity contribution is 5.80. The van der Waals surface area contributed by atoms with Crippen molar-refractivity contribution in [3.8, 4) is 0 Å². The molecule has 1 heterocycles. The van der Waals surface area contributed by atoms with Gasteiger partial charge in [0.25, 0.3) is 0 Å². The molecule has 0 bridgehead atoms. The molecule has 1 rings (SSSR count). The van der Waals surface area contributed by atoms with Gasteiger partial charge >= 0.3 is 5.97 Å². The number of carbonyl (C=O) groups is 1. The van der Waals surface area contributed by atoms with Crippen LogP contribution in [-0.4, -0.2) is 59.3 Å². The summed E-state index contributed by atoms with van der Waals surface area (Å²) in [4.78, 5) is 16.1. The molecule has 1 atom stereocenters. The molecule has 0 amide bonds. The first kappa shape index (κ1) is 27.1. The van der Waals surface area contributed by atoms with Crippen molar-refractivity contribution >= 4 is 11.8 Å². The maximum atomic E-state index is 11.4. The number of hydrogen-bond acceptors (Lipinski definition) is 3. The second kappa shape index (κ2) is 17.7. The highest BCUT2D eigenvalue weighted by Crippen LogP contribution is 2.22. The molecule has 0 radical (unpaired) electrons. The van der Waals surface area contributed by atoms with Gasteiger partial charge in [-0.2, -0.15) is 0 Å². The van der Waals surface area contributed by atoms with Crippen molar-refractivity contribution in [3.05, 3.63) is 0 Å². The van der Waals surface area contributed by atoms with Crippen molar-refractivity contribution in [3.63, 3.8) is 0 Å². The van der Waals surface area contributed by atoms with Crippen LogP contribution < -0.4 is 0 Å². The fourth-order valence-corrected chi connectivity index (χ4v) is 4.72. The fraction of sp³-hybridized carbons (Fsp3) is 0.920. The number of hydrogen-bond donors (Lipinski definition) is 2. The molecule has 5 heteroatoms. The Labute approximate surface area is 185 Å². The summed E-state index contributed by atoms with van der Waals surface area (Å²) in [5.74, 6) is 0.351. The zero-order valence-corrected chi connectivity index (χ0v) is 19.8. The van der Waals surface area contributed by atoms with Gasteiger partial charge in [0.05, 0.1) is 13.1 Å². The van der Waals surface area contributed by atoms with E-state index in [0.717, 1.165) is 51.2 Å². The van der Waals surface area contributed by atoms with E-state index in [1.54, 1.807) is 0 Å². The van der Waals surface area contributed by atoms with Gasteiger partial charge in [0.1, 0.15) is 6.54 Å². The van der Waals surface area contributed by atoms with Crippen molar-refractivity contribution < 1.29 is 19.5 Å². The lowest BCUT2D eigenvalue weighted by atomic mass is 10.0. The number of aliphatic carboxylic acids is 1. The maximum absolute atomic E-state index is 11.4. The predicted molar refractivity (Wildman–Crippen MR) is 126 cm³/mol. The van der Waals surface area contributed by atoms with Gasteiger partial charge in [0.15, 0.2) is 12.4 Å². The molecule has 1 aliphatic heterocycles. The minimum Gasteiger partial charge on any atom is -0.477 e. The van der Waals surface area contributed by atoms with E-state index < -0.39 is 5.97 Å². The van der Waals surface area contributed by atoms with E-state index in [0.29, 0.717) is 4.48 Å². The zero-order valence-electron chi connectivity index (χ0n) is 19.8. The minimum atomic E-state index is -0.741. The number of rotatable bonds is 21. The Morgan fingerprint density at radius 2 is 1.37 bits per heavy atom. The van der Waals surface area contributed by atoms with Crippen LogP contribution in [0, 0.1) is 0 Å². The Morgan fingerprint density at radius 1 is 0.833 bits per heavy atom.